The smallest absolute Gasteiger partial charge is 0.410 e. The Morgan fingerprint density at radius 2 is 0.833 bits per heavy atom. The Labute approximate surface area is 389 Å². The number of aromatic nitrogens is 2. The Balaban J connectivity index is 1.09. The van der Waals surface area contributed by atoms with Crippen molar-refractivity contribution >= 4 is 57.4 Å². The van der Waals surface area contributed by atoms with E-state index in [2.05, 4.69) is 20.6 Å². The Morgan fingerprint density at radius 1 is 0.500 bits per heavy atom. The van der Waals surface area contributed by atoms with Gasteiger partial charge in [-0.05, 0) is 79.4 Å². The van der Waals surface area contributed by atoms with E-state index < -0.39 is 46.8 Å². The third kappa shape index (κ3) is 16.4. The standard InChI is InChI=1S/C50H72N6O10/c1-49(2,3)65-47(61)55(31-21-27-51-45(59)43(57)37-33-53-41-35(37)23-19-25-39(41)63-7)29-17-15-13-11-9-10-12-14-16-18-30-56(48(62)66-50(4,5)6)32-22-28-52-46(60)44(58)38-34-54-42-36(38)24-20-26-40(42)64-8/h19-20,23-26,33-34,53-54H,9-18,21-22,27-32H2,1-8H3,(H,51,59)(H,52,60). The van der Waals surface area contributed by atoms with Crippen molar-refractivity contribution in [3.8, 4) is 11.5 Å². The Morgan fingerprint density at radius 3 is 1.17 bits per heavy atom. The van der Waals surface area contributed by atoms with Gasteiger partial charge < -0.3 is 49.3 Å². The van der Waals surface area contributed by atoms with E-state index in [0.717, 1.165) is 64.2 Å². The molecule has 0 radical (unpaired) electrons. The van der Waals surface area contributed by atoms with Gasteiger partial charge in [-0.1, -0.05) is 75.6 Å². The van der Waals surface area contributed by atoms with Gasteiger partial charge in [0.1, 0.15) is 22.7 Å². The molecule has 0 bridgehead atoms. The van der Waals surface area contributed by atoms with E-state index in [1.54, 1.807) is 60.4 Å². The minimum atomic E-state index is -0.708. The summed E-state index contributed by atoms with van der Waals surface area (Å²) < 4.78 is 22.0. The second-order valence-electron chi connectivity index (χ2n) is 18.5. The highest BCUT2D eigenvalue weighted by Crippen LogP contribution is 2.28. The maximum absolute atomic E-state index is 13.0. The van der Waals surface area contributed by atoms with Crippen LogP contribution in [-0.4, -0.2) is 120 Å². The molecule has 0 saturated heterocycles. The summed E-state index contributed by atoms with van der Waals surface area (Å²) in [5.41, 5.74) is 0.553. The lowest BCUT2D eigenvalue weighted by molar-refractivity contribution is -0.117. The van der Waals surface area contributed by atoms with Gasteiger partial charge in [0.2, 0.25) is 0 Å². The molecule has 2 aromatic heterocycles. The molecular weight excluding hydrogens is 845 g/mol. The number of nitrogens with one attached hydrogen (secondary N) is 4. The topological polar surface area (TPSA) is 201 Å². The molecule has 0 aliphatic heterocycles. The molecule has 0 aliphatic carbocycles. The number of ketones is 2. The van der Waals surface area contributed by atoms with E-state index in [-0.39, 0.29) is 24.2 Å². The van der Waals surface area contributed by atoms with Crippen LogP contribution >= 0.6 is 0 Å². The average molecular weight is 917 g/mol. The first kappa shape index (κ1) is 52.6. The average Bonchev–Trinajstić information content (AvgIpc) is 3.91. The minimum Gasteiger partial charge on any atom is -0.495 e. The Kier molecular flexibility index (Phi) is 20.4. The maximum atomic E-state index is 13.0. The summed E-state index contributed by atoms with van der Waals surface area (Å²) in [6.07, 6.45) is 13.3. The van der Waals surface area contributed by atoms with Crippen molar-refractivity contribution in [3.05, 3.63) is 59.9 Å². The van der Waals surface area contributed by atoms with Crippen LogP contribution in [0, 0.1) is 0 Å². The van der Waals surface area contributed by atoms with Gasteiger partial charge in [-0.2, -0.15) is 0 Å². The number of aromatic amines is 2. The number of H-pyrrole nitrogens is 2. The summed E-state index contributed by atoms with van der Waals surface area (Å²) in [5.74, 6) is -1.54. The molecule has 0 spiro atoms. The molecule has 0 saturated carbocycles. The molecule has 16 nitrogen and oxygen atoms in total. The van der Waals surface area contributed by atoms with Crippen LogP contribution in [0.4, 0.5) is 9.59 Å². The highest BCUT2D eigenvalue weighted by atomic mass is 16.6. The number of ether oxygens (including phenoxy) is 4. The maximum Gasteiger partial charge on any atom is 0.410 e. The molecule has 4 rings (SSSR count). The first-order valence-corrected chi connectivity index (χ1v) is 23.3. The number of methoxy groups -OCH3 is 2. The predicted octanol–water partition coefficient (Wildman–Crippen LogP) is 9.12. The lowest BCUT2D eigenvalue weighted by Gasteiger charge is -2.27. The van der Waals surface area contributed by atoms with E-state index in [1.807, 2.05) is 41.5 Å². The molecule has 66 heavy (non-hydrogen) atoms. The number of unbranched alkanes of at least 4 members (excludes halogenated alkanes) is 9. The van der Waals surface area contributed by atoms with Crippen molar-refractivity contribution < 1.29 is 47.7 Å². The fourth-order valence-electron chi connectivity index (χ4n) is 7.58. The number of nitrogens with zero attached hydrogens (tertiary/aromatic N) is 2. The normalized spacial score (nSPS) is 11.6. The molecular formula is C50H72N6O10. The minimum absolute atomic E-state index is 0.230. The lowest BCUT2D eigenvalue weighted by atomic mass is 10.1. The third-order valence-electron chi connectivity index (χ3n) is 10.9. The summed E-state index contributed by atoms with van der Waals surface area (Å²) in [6.45, 7) is 13.3. The number of carbonyl (C=O) groups is 6. The Bertz CT molecular complexity index is 2080. The molecule has 16 heteroatoms. The number of fused-ring (bicyclic) bond motifs is 2. The van der Waals surface area contributed by atoms with E-state index in [9.17, 15) is 28.8 Å². The number of benzene rings is 2. The molecule has 2 heterocycles. The van der Waals surface area contributed by atoms with Gasteiger partial charge >= 0.3 is 12.2 Å². The molecule has 362 valence electrons. The number of hydrogen-bond donors (Lipinski definition) is 4. The zero-order chi connectivity index (χ0) is 48.3. The number of carbonyl (C=O) groups excluding carboxylic acids is 6. The molecule has 0 aliphatic rings. The summed E-state index contributed by atoms with van der Waals surface area (Å²) in [7, 11) is 3.08. The first-order chi connectivity index (χ1) is 31.4. The van der Waals surface area contributed by atoms with Crippen LogP contribution in [0.25, 0.3) is 21.8 Å². The van der Waals surface area contributed by atoms with Gasteiger partial charge in [-0.25, -0.2) is 9.59 Å². The number of Topliss-reactive ketones (excluding diaryl/α,β-unsaturated/α-hetero) is 2. The van der Waals surface area contributed by atoms with Crippen LogP contribution in [0.3, 0.4) is 0 Å². The van der Waals surface area contributed by atoms with Crippen LogP contribution < -0.4 is 20.1 Å². The van der Waals surface area contributed by atoms with Crippen molar-refractivity contribution in [2.75, 3.05) is 53.5 Å². The fraction of sp³-hybridized carbons (Fsp3) is 0.560. The second kappa shape index (κ2) is 25.6. The van der Waals surface area contributed by atoms with Crippen LogP contribution in [-0.2, 0) is 19.1 Å². The largest absolute Gasteiger partial charge is 0.495 e. The Hall–Kier alpha value is -6.06. The van der Waals surface area contributed by atoms with Crippen LogP contribution in [0.15, 0.2) is 48.8 Å². The molecule has 4 amide bonds. The zero-order valence-corrected chi connectivity index (χ0v) is 40.3. The van der Waals surface area contributed by atoms with Crippen LogP contribution in [0.2, 0.25) is 0 Å². The van der Waals surface area contributed by atoms with Crippen molar-refractivity contribution in [3.63, 3.8) is 0 Å². The monoisotopic (exact) mass is 917 g/mol. The summed E-state index contributed by atoms with van der Waals surface area (Å²) in [5, 5.41) is 6.63. The van der Waals surface area contributed by atoms with Gasteiger partial charge in [-0.15, -0.1) is 0 Å². The molecule has 4 N–H and O–H groups in total. The zero-order valence-electron chi connectivity index (χ0n) is 40.3. The first-order valence-electron chi connectivity index (χ1n) is 23.3. The van der Waals surface area contributed by atoms with E-state index in [4.69, 9.17) is 18.9 Å². The fourth-order valence-corrected chi connectivity index (χ4v) is 7.58. The van der Waals surface area contributed by atoms with Crippen molar-refractivity contribution in [2.24, 2.45) is 0 Å². The predicted molar refractivity (Wildman–Crippen MR) is 255 cm³/mol. The highest BCUT2D eigenvalue weighted by molar-refractivity contribution is 6.45. The number of para-hydroxylation sites is 2. The van der Waals surface area contributed by atoms with Gasteiger partial charge in [0.25, 0.3) is 23.4 Å². The third-order valence-corrected chi connectivity index (χ3v) is 10.9. The SMILES string of the molecule is COc1cccc2c(C(=O)C(=O)NCCCN(CCCCCCCCCCCCN(CCCNC(=O)C(=O)c3c[nH]c4c(OC)cccc34)C(=O)OC(C)(C)C)C(=O)OC(C)(C)C)c[nH]c12. The molecule has 0 unspecified atom stereocenters. The van der Waals surface area contributed by atoms with Crippen molar-refractivity contribution in [1.29, 1.82) is 0 Å². The highest BCUT2D eigenvalue weighted by Gasteiger charge is 2.25. The van der Waals surface area contributed by atoms with Crippen LogP contribution in [0.5, 0.6) is 11.5 Å². The van der Waals surface area contributed by atoms with E-state index in [1.165, 1.54) is 12.4 Å². The quantitative estimate of drug-likeness (QED) is 0.0254. The molecule has 2 aromatic carbocycles. The van der Waals surface area contributed by atoms with Gasteiger partial charge in [-0.3, -0.25) is 19.2 Å². The number of hydrogen-bond acceptors (Lipinski definition) is 10. The van der Waals surface area contributed by atoms with E-state index >= 15 is 0 Å². The summed E-state index contributed by atoms with van der Waals surface area (Å²) in [4.78, 5) is 86.9. The lowest BCUT2D eigenvalue weighted by Crippen LogP contribution is -2.39. The van der Waals surface area contributed by atoms with E-state index in [0.29, 0.717) is 72.3 Å². The number of amides is 4. The summed E-state index contributed by atoms with van der Waals surface area (Å²) >= 11 is 0. The molecule has 4 aromatic rings. The molecule has 0 fully saturated rings. The summed E-state index contributed by atoms with van der Waals surface area (Å²) in [6, 6.07) is 10.6. The van der Waals surface area contributed by atoms with Gasteiger partial charge in [0.05, 0.1) is 36.4 Å². The number of rotatable bonds is 27. The van der Waals surface area contributed by atoms with Gasteiger partial charge in [0.15, 0.2) is 0 Å². The van der Waals surface area contributed by atoms with Crippen LogP contribution in [0.1, 0.15) is 139 Å². The van der Waals surface area contributed by atoms with Crippen molar-refractivity contribution in [1.82, 2.24) is 30.4 Å². The second-order valence-corrected chi connectivity index (χ2v) is 18.5. The van der Waals surface area contributed by atoms with Gasteiger partial charge in [0, 0.05) is 62.4 Å². The van der Waals surface area contributed by atoms with Crippen molar-refractivity contribution in [2.45, 2.75) is 130 Å². The molecule has 0 atom stereocenters.